The average molecular weight is 310 g/mol. The smallest absolute Gasteiger partial charge is 0.193 e. The normalized spacial score (nSPS) is 10.9. The summed E-state index contributed by atoms with van der Waals surface area (Å²) in [5, 5.41) is 2.01. The SMILES string of the molecule is Brc1ccc(OCc2cn3ccsc3n2)cn1. The third kappa shape index (κ3) is 2.32. The number of hydrogen-bond acceptors (Lipinski definition) is 4. The van der Waals surface area contributed by atoms with Crippen LogP contribution in [0.25, 0.3) is 4.96 Å². The summed E-state index contributed by atoms with van der Waals surface area (Å²) < 4.78 is 8.38. The highest BCUT2D eigenvalue weighted by molar-refractivity contribution is 9.10. The molecule has 0 radical (unpaired) electrons. The molecule has 0 amide bonds. The van der Waals surface area contributed by atoms with Crippen LogP contribution in [-0.2, 0) is 6.61 Å². The first-order valence-corrected chi connectivity index (χ1v) is 6.64. The minimum Gasteiger partial charge on any atom is -0.486 e. The summed E-state index contributed by atoms with van der Waals surface area (Å²) in [5.74, 6) is 0.740. The number of nitrogens with zero attached hydrogens (tertiary/aromatic N) is 3. The van der Waals surface area contributed by atoms with Gasteiger partial charge >= 0.3 is 0 Å². The van der Waals surface area contributed by atoms with E-state index in [0.717, 1.165) is 21.0 Å². The standard InChI is InChI=1S/C11H8BrN3OS/c12-10-2-1-9(5-13-10)16-7-8-6-15-3-4-17-11(15)14-8/h1-6H,7H2. The van der Waals surface area contributed by atoms with Crippen molar-refractivity contribution < 1.29 is 4.74 Å². The van der Waals surface area contributed by atoms with Gasteiger partial charge in [-0.2, -0.15) is 0 Å². The summed E-state index contributed by atoms with van der Waals surface area (Å²) in [6.07, 6.45) is 5.64. The van der Waals surface area contributed by atoms with Crippen molar-refractivity contribution in [3.8, 4) is 5.75 Å². The second-order valence-corrected chi connectivity index (χ2v) is 5.12. The Labute approximate surface area is 110 Å². The van der Waals surface area contributed by atoms with E-state index in [9.17, 15) is 0 Å². The van der Waals surface area contributed by atoms with Gasteiger partial charge in [-0.05, 0) is 28.1 Å². The van der Waals surface area contributed by atoms with E-state index >= 15 is 0 Å². The summed E-state index contributed by atoms with van der Waals surface area (Å²) in [5.41, 5.74) is 0.916. The van der Waals surface area contributed by atoms with Gasteiger partial charge in [-0.1, -0.05) is 0 Å². The Morgan fingerprint density at radius 3 is 3.12 bits per heavy atom. The second kappa shape index (κ2) is 4.46. The van der Waals surface area contributed by atoms with Crippen LogP contribution in [0.3, 0.4) is 0 Å². The van der Waals surface area contributed by atoms with E-state index in [1.54, 1.807) is 17.5 Å². The van der Waals surface area contributed by atoms with Crippen LogP contribution < -0.4 is 4.74 Å². The molecule has 0 aliphatic rings. The molecule has 0 aliphatic carbocycles. The lowest BCUT2D eigenvalue weighted by Gasteiger charge is -2.02. The monoisotopic (exact) mass is 309 g/mol. The number of pyridine rings is 1. The highest BCUT2D eigenvalue weighted by Gasteiger charge is 2.03. The van der Waals surface area contributed by atoms with Crippen LogP contribution in [0, 0.1) is 0 Å². The summed E-state index contributed by atoms with van der Waals surface area (Å²) in [6, 6.07) is 3.72. The Morgan fingerprint density at radius 2 is 2.35 bits per heavy atom. The third-order valence-corrected chi connectivity index (χ3v) is 3.47. The molecule has 0 saturated heterocycles. The molecule has 3 rings (SSSR count). The predicted octanol–water partition coefficient (Wildman–Crippen LogP) is 3.13. The average Bonchev–Trinajstić information content (AvgIpc) is 2.88. The number of imidazole rings is 1. The zero-order chi connectivity index (χ0) is 11.7. The lowest BCUT2D eigenvalue weighted by molar-refractivity contribution is 0.301. The Morgan fingerprint density at radius 1 is 1.41 bits per heavy atom. The first kappa shape index (κ1) is 10.7. The third-order valence-electron chi connectivity index (χ3n) is 2.23. The molecule has 0 fully saturated rings. The van der Waals surface area contributed by atoms with E-state index in [4.69, 9.17) is 4.74 Å². The number of aromatic nitrogens is 3. The lowest BCUT2D eigenvalue weighted by atomic mass is 10.4. The summed E-state index contributed by atoms with van der Waals surface area (Å²) in [4.78, 5) is 9.51. The van der Waals surface area contributed by atoms with E-state index < -0.39 is 0 Å². The fourth-order valence-corrected chi connectivity index (χ4v) is 2.40. The molecule has 3 aromatic heterocycles. The molecule has 4 nitrogen and oxygen atoms in total. The van der Waals surface area contributed by atoms with Crippen LogP contribution in [0.1, 0.15) is 5.69 Å². The maximum Gasteiger partial charge on any atom is 0.193 e. The Hall–Kier alpha value is -1.40. The molecule has 0 N–H and O–H groups in total. The highest BCUT2D eigenvalue weighted by atomic mass is 79.9. The van der Waals surface area contributed by atoms with Gasteiger partial charge in [0.05, 0.1) is 11.9 Å². The van der Waals surface area contributed by atoms with E-state index in [1.165, 1.54) is 0 Å². The molecular formula is C11H8BrN3OS. The van der Waals surface area contributed by atoms with E-state index in [2.05, 4.69) is 25.9 Å². The van der Waals surface area contributed by atoms with Crippen molar-refractivity contribution in [2.75, 3.05) is 0 Å². The van der Waals surface area contributed by atoms with E-state index in [0.29, 0.717) is 6.61 Å². The van der Waals surface area contributed by atoms with Crippen molar-refractivity contribution in [1.29, 1.82) is 0 Å². The van der Waals surface area contributed by atoms with Crippen molar-refractivity contribution in [2.24, 2.45) is 0 Å². The fourth-order valence-electron chi connectivity index (χ4n) is 1.45. The van der Waals surface area contributed by atoms with E-state index in [1.807, 2.05) is 34.3 Å². The molecule has 0 aromatic carbocycles. The number of rotatable bonds is 3. The van der Waals surface area contributed by atoms with Crippen LogP contribution in [0.15, 0.2) is 40.7 Å². The molecule has 3 aromatic rings. The predicted molar refractivity (Wildman–Crippen MR) is 69.3 cm³/mol. The van der Waals surface area contributed by atoms with Gasteiger partial charge in [0.15, 0.2) is 4.96 Å². The summed E-state index contributed by atoms with van der Waals surface area (Å²) in [7, 11) is 0. The van der Waals surface area contributed by atoms with Crippen LogP contribution in [0.5, 0.6) is 5.75 Å². The number of halogens is 1. The fraction of sp³-hybridized carbons (Fsp3) is 0.0909. The lowest BCUT2D eigenvalue weighted by Crippen LogP contribution is -1.95. The van der Waals surface area contributed by atoms with Gasteiger partial charge in [0.1, 0.15) is 17.0 Å². The molecular weight excluding hydrogens is 302 g/mol. The molecule has 0 aliphatic heterocycles. The van der Waals surface area contributed by atoms with Gasteiger partial charge in [-0.3, -0.25) is 4.40 Å². The van der Waals surface area contributed by atoms with Crippen molar-refractivity contribution in [2.45, 2.75) is 6.61 Å². The minimum absolute atomic E-state index is 0.456. The first-order chi connectivity index (χ1) is 8.31. The Kier molecular flexibility index (Phi) is 2.82. The molecule has 0 spiro atoms. The van der Waals surface area contributed by atoms with Crippen LogP contribution in [0.2, 0.25) is 0 Å². The van der Waals surface area contributed by atoms with Gasteiger partial charge in [0.25, 0.3) is 0 Å². The molecule has 0 bridgehead atoms. The van der Waals surface area contributed by atoms with Gasteiger partial charge < -0.3 is 4.74 Å². The maximum absolute atomic E-state index is 5.59. The molecule has 17 heavy (non-hydrogen) atoms. The summed E-state index contributed by atoms with van der Waals surface area (Å²) >= 11 is 4.89. The highest BCUT2D eigenvalue weighted by Crippen LogP contribution is 2.16. The zero-order valence-corrected chi connectivity index (χ0v) is 11.1. The van der Waals surface area contributed by atoms with Crippen molar-refractivity contribution in [3.05, 3.63) is 46.4 Å². The molecule has 0 atom stereocenters. The number of hydrogen-bond donors (Lipinski definition) is 0. The first-order valence-electron chi connectivity index (χ1n) is 4.97. The summed E-state index contributed by atoms with van der Waals surface area (Å²) in [6.45, 7) is 0.456. The van der Waals surface area contributed by atoms with Crippen LogP contribution in [-0.4, -0.2) is 14.4 Å². The molecule has 6 heteroatoms. The second-order valence-electron chi connectivity index (χ2n) is 3.43. The molecule has 3 heterocycles. The van der Waals surface area contributed by atoms with Crippen LogP contribution in [0.4, 0.5) is 0 Å². The Bertz CT molecular complexity index is 603. The molecule has 86 valence electrons. The van der Waals surface area contributed by atoms with Gasteiger partial charge in [0.2, 0.25) is 0 Å². The van der Waals surface area contributed by atoms with Gasteiger partial charge in [0, 0.05) is 17.8 Å². The molecule has 0 saturated carbocycles. The quantitative estimate of drug-likeness (QED) is 0.698. The maximum atomic E-state index is 5.59. The zero-order valence-electron chi connectivity index (χ0n) is 8.71. The van der Waals surface area contributed by atoms with Crippen LogP contribution >= 0.6 is 27.3 Å². The van der Waals surface area contributed by atoms with Crippen molar-refractivity contribution in [3.63, 3.8) is 0 Å². The number of fused-ring (bicyclic) bond motifs is 1. The van der Waals surface area contributed by atoms with Crippen molar-refractivity contribution in [1.82, 2.24) is 14.4 Å². The molecule has 0 unspecified atom stereocenters. The number of thiazole rings is 1. The van der Waals surface area contributed by atoms with Gasteiger partial charge in [-0.15, -0.1) is 11.3 Å². The van der Waals surface area contributed by atoms with Gasteiger partial charge in [-0.25, -0.2) is 9.97 Å². The minimum atomic E-state index is 0.456. The Balaban J connectivity index is 1.71. The van der Waals surface area contributed by atoms with Crippen molar-refractivity contribution >= 4 is 32.2 Å². The number of ether oxygens (including phenoxy) is 1. The van der Waals surface area contributed by atoms with E-state index in [-0.39, 0.29) is 0 Å². The largest absolute Gasteiger partial charge is 0.486 e. The topological polar surface area (TPSA) is 39.4 Å².